The first kappa shape index (κ1) is 23.9. The summed E-state index contributed by atoms with van der Waals surface area (Å²) in [7, 11) is 0. The van der Waals surface area contributed by atoms with E-state index in [1.807, 2.05) is 0 Å². The zero-order chi connectivity index (χ0) is 22.5. The molecule has 0 radical (unpaired) electrons. The fourth-order valence-corrected chi connectivity index (χ4v) is 4.69. The lowest BCUT2D eigenvalue weighted by Crippen LogP contribution is -2.23. The third-order valence-electron chi connectivity index (χ3n) is 6.71. The first-order chi connectivity index (χ1) is 14.6. The Hall–Kier alpha value is -1.76. The van der Waals surface area contributed by atoms with Gasteiger partial charge in [-0.3, -0.25) is 0 Å². The number of hydrogen-bond donors (Lipinski definition) is 0. The van der Waals surface area contributed by atoms with Crippen molar-refractivity contribution < 1.29 is 4.74 Å². The maximum atomic E-state index is 5.94. The second-order valence-corrected chi connectivity index (χ2v) is 11.9. The number of hydrogen-bond acceptors (Lipinski definition) is 1. The Bertz CT molecular complexity index is 817. The lowest BCUT2D eigenvalue weighted by Gasteiger charge is -2.36. The predicted octanol–water partition coefficient (Wildman–Crippen LogP) is 8.53. The van der Waals surface area contributed by atoms with Gasteiger partial charge in [0.1, 0.15) is 5.75 Å². The molecule has 3 rings (SSSR count). The Kier molecular flexibility index (Phi) is 7.89. The molecule has 1 unspecified atom stereocenters. The summed E-state index contributed by atoms with van der Waals surface area (Å²) in [6.07, 6.45) is 9.83. The van der Waals surface area contributed by atoms with Crippen molar-refractivity contribution in [1.82, 2.24) is 0 Å². The van der Waals surface area contributed by atoms with E-state index in [0.29, 0.717) is 11.3 Å². The molecule has 2 aromatic rings. The SMILES string of the molecule is CC(C)(C)CC(c1ccc(CCCCCCOc2ccc3c(c2)CC3)cc1)C(C)(C)C. The molecule has 1 aliphatic carbocycles. The molecular formula is C30H44O. The molecule has 0 heterocycles. The molecule has 1 atom stereocenters. The molecule has 0 aliphatic heterocycles. The molecule has 0 aromatic heterocycles. The first-order valence-corrected chi connectivity index (χ1v) is 12.5. The van der Waals surface area contributed by atoms with Crippen molar-refractivity contribution >= 4 is 0 Å². The summed E-state index contributed by atoms with van der Waals surface area (Å²) in [5.74, 6) is 1.65. The molecule has 31 heavy (non-hydrogen) atoms. The maximum absolute atomic E-state index is 5.94. The monoisotopic (exact) mass is 420 g/mol. The van der Waals surface area contributed by atoms with Crippen LogP contribution in [0.4, 0.5) is 0 Å². The Morgan fingerprint density at radius 3 is 2.03 bits per heavy atom. The van der Waals surface area contributed by atoms with Crippen molar-refractivity contribution in [3.05, 3.63) is 64.7 Å². The van der Waals surface area contributed by atoms with Crippen LogP contribution in [0.25, 0.3) is 0 Å². The van der Waals surface area contributed by atoms with E-state index in [0.717, 1.165) is 18.8 Å². The van der Waals surface area contributed by atoms with E-state index >= 15 is 0 Å². The van der Waals surface area contributed by atoms with E-state index in [4.69, 9.17) is 4.74 Å². The van der Waals surface area contributed by atoms with Gasteiger partial charge in [0.2, 0.25) is 0 Å². The highest BCUT2D eigenvalue weighted by Gasteiger charge is 2.30. The number of fused-ring (bicyclic) bond motifs is 1. The van der Waals surface area contributed by atoms with Gasteiger partial charge in [0.15, 0.2) is 0 Å². The molecule has 170 valence electrons. The third-order valence-corrected chi connectivity index (χ3v) is 6.71. The van der Waals surface area contributed by atoms with Gasteiger partial charge < -0.3 is 4.74 Å². The average Bonchev–Trinajstić information content (AvgIpc) is 2.66. The molecule has 0 saturated heterocycles. The number of rotatable bonds is 10. The molecule has 0 bridgehead atoms. The lowest BCUT2D eigenvalue weighted by atomic mass is 9.69. The lowest BCUT2D eigenvalue weighted by molar-refractivity contribution is 0.229. The van der Waals surface area contributed by atoms with Crippen LogP contribution >= 0.6 is 0 Å². The Balaban J connectivity index is 1.36. The summed E-state index contributed by atoms with van der Waals surface area (Å²) in [5, 5.41) is 0. The van der Waals surface area contributed by atoms with Crippen LogP contribution in [0.2, 0.25) is 0 Å². The molecule has 0 amide bonds. The molecule has 0 spiro atoms. The second-order valence-electron chi connectivity index (χ2n) is 11.9. The first-order valence-electron chi connectivity index (χ1n) is 12.5. The van der Waals surface area contributed by atoms with Crippen LogP contribution in [0, 0.1) is 10.8 Å². The van der Waals surface area contributed by atoms with Crippen LogP contribution < -0.4 is 4.74 Å². The molecule has 0 N–H and O–H groups in total. The summed E-state index contributed by atoms with van der Waals surface area (Å²) >= 11 is 0. The predicted molar refractivity (Wildman–Crippen MR) is 134 cm³/mol. The van der Waals surface area contributed by atoms with Gasteiger partial charge in [0, 0.05) is 0 Å². The molecule has 0 fully saturated rings. The summed E-state index contributed by atoms with van der Waals surface area (Å²) in [6.45, 7) is 15.0. The second kappa shape index (κ2) is 10.2. The largest absolute Gasteiger partial charge is 0.494 e. The van der Waals surface area contributed by atoms with Crippen LogP contribution in [0.15, 0.2) is 42.5 Å². The van der Waals surface area contributed by atoms with Gasteiger partial charge in [-0.15, -0.1) is 0 Å². The maximum Gasteiger partial charge on any atom is 0.119 e. The summed E-state index contributed by atoms with van der Waals surface area (Å²) in [4.78, 5) is 0. The van der Waals surface area contributed by atoms with Gasteiger partial charge in [0.25, 0.3) is 0 Å². The summed E-state index contributed by atoms with van der Waals surface area (Å²) in [6, 6.07) is 16.1. The van der Waals surface area contributed by atoms with Crippen LogP contribution in [0.1, 0.15) is 102 Å². The van der Waals surface area contributed by atoms with Crippen LogP contribution in [0.5, 0.6) is 5.75 Å². The van der Waals surface area contributed by atoms with Crippen LogP contribution in [-0.2, 0) is 19.3 Å². The number of aryl methyl sites for hydroxylation is 3. The van der Waals surface area contributed by atoms with Crippen molar-refractivity contribution in [3.63, 3.8) is 0 Å². The van der Waals surface area contributed by atoms with Crippen molar-refractivity contribution in [3.8, 4) is 5.75 Å². The van der Waals surface area contributed by atoms with Crippen molar-refractivity contribution in [2.45, 2.75) is 98.8 Å². The quantitative estimate of drug-likeness (QED) is 0.350. The van der Waals surface area contributed by atoms with Gasteiger partial charge >= 0.3 is 0 Å². The topological polar surface area (TPSA) is 9.23 Å². The number of unbranched alkanes of at least 4 members (excludes halogenated alkanes) is 3. The van der Waals surface area contributed by atoms with Crippen molar-refractivity contribution in [2.75, 3.05) is 6.61 Å². The minimum Gasteiger partial charge on any atom is -0.494 e. The van der Waals surface area contributed by atoms with E-state index in [1.54, 1.807) is 0 Å². The zero-order valence-electron chi connectivity index (χ0n) is 20.9. The smallest absolute Gasteiger partial charge is 0.119 e. The standard InChI is InChI=1S/C30H44O/c1-29(2,3)22-28(30(4,5)6)25-14-12-23(13-15-25)11-9-7-8-10-20-31-27-19-18-24-16-17-26(24)21-27/h12-15,18-19,21,28H,7-11,16-17,20,22H2,1-6H3. The Morgan fingerprint density at radius 1 is 0.774 bits per heavy atom. The minimum atomic E-state index is 0.289. The minimum absolute atomic E-state index is 0.289. The fraction of sp³-hybridized carbons (Fsp3) is 0.600. The van der Waals surface area contributed by atoms with E-state index in [9.17, 15) is 0 Å². The fourth-order valence-electron chi connectivity index (χ4n) is 4.69. The number of benzene rings is 2. The van der Waals surface area contributed by atoms with Gasteiger partial charge in [-0.05, 0) is 89.7 Å². The zero-order valence-corrected chi connectivity index (χ0v) is 20.9. The highest BCUT2D eigenvalue weighted by atomic mass is 16.5. The highest BCUT2D eigenvalue weighted by molar-refractivity contribution is 5.41. The van der Waals surface area contributed by atoms with Gasteiger partial charge in [0.05, 0.1) is 6.61 Å². The van der Waals surface area contributed by atoms with Crippen LogP contribution in [-0.4, -0.2) is 6.61 Å². The van der Waals surface area contributed by atoms with Crippen molar-refractivity contribution in [1.29, 1.82) is 0 Å². The average molecular weight is 421 g/mol. The number of ether oxygens (including phenoxy) is 1. The van der Waals surface area contributed by atoms with Crippen LogP contribution in [0.3, 0.4) is 0 Å². The highest BCUT2D eigenvalue weighted by Crippen LogP contribution is 2.43. The molecular weight excluding hydrogens is 376 g/mol. The molecule has 0 saturated carbocycles. The van der Waals surface area contributed by atoms with E-state index in [2.05, 4.69) is 84.0 Å². The van der Waals surface area contributed by atoms with Gasteiger partial charge in [-0.25, -0.2) is 0 Å². The Labute approximate surface area is 191 Å². The van der Waals surface area contributed by atoms with E-state index in [-0.39, 0.29) is 5.41 Å². The molecule has 2 aromatic carbocycles. The Morgan fingerprint density at radius 2 is 1.45 bits per heavy atom. The molecule has 1 heteroatoms. The van der Waals surface area contributed by atoms with Gasteiger partial charge in [-0.2, -0.15) is 0 Å². The van der Waals surface area contributed by atoms with E-state index in [1.165, 1.54) is 67.2 Å². The van der Waals surface area contributed by atoms with Crippen molar-refractivity contribution in [2.24, 2.45) is 10.8 Å². The summed E-state index contributed by atoms with van der Waals surface area (Å²) in [5.41, 5.74) is 6.60. The molecule has 1 nitrogen and oxygen atoms in total. The normalized spacial score (nSPS) is 14.6. The summed E-state index contributed by atoms with van der Waals surface area (Å²) < 4.78 is 5.94. The van der Waals surface area contributed by atoms with E-state index < -0.39 is 0 Å². The van der Waals surface area contributed by atoms with Gasteiger partial charge in [-0.1, -0.05) is 84.7 Å². The third kappa shape index (κ3) is 7.41. The molecule has 1 aliphatic rings.